The SMILES string of the molecule is NCc1ccc(C(=O)N2CCCC(CNS(N)(=O)=O)C2)o1. The van der Waals surface area contributed by atoms with Crippen molar-refractivity contribution in [1.82, 2.24) is 9.62 Å². The number of furan rings is 1. The maximum absolute atomic E-state index is 12.3. The number of likely N-dealkylation sites (tertiary alicyclic amines) is 1. The second-order valence-electron chi connectivity index (χ2n) is 5.12. The molecule has 5 N–H and O–H groups in total. The van der Waals surface area contributed by atoms with Gasteiger partial charge in [0, 0.05) is 19.6 Å². The van der Waals surface area contributed by atoms with E-state index in [0.29, 0.717) is 18.8 Å². The summed E-state index contributed by atoms with van der Waals surface area (Å²) in [5, 5.41) is 4.91. The van der Waals surface area contributed by atoms with E-state index in [9.17, 15) is 13.2 Å². The molecule has 1 atom stereocenters. The standard InChI is InChI=1S/C12H20N4O4S/c13-6-10-3-4-11(20-10)12(17)16-5-1-2-9(8-16)7-15-21(14,18)19/h3-4,9,15H,1-2,5-8,13H2,(H2,14,18,19). The second kappa shape index (κ2) is 6.56. The van der Waals surface area contributed by atoms with Crippen LogP contribution in [0.5, 0.6) is 0 Å². The molecule has 1 saturated heterocycles. The van der Waals surface area contributed by atoms with E-state index in [2.05, 4.69) is 4.72 Å². The van der Waals surface area contributed by atoms with Gasteiger partial charge in [-0.1, -0.05) is 0 Å². The highest BCUT2D eigenvalue weighted by atomic mass is 32.2. The zero-order valence-corrected chi connectivity index (χ0v) is 12.4. The lowest BCUT2D eigenvalue weighted by molar-refractivity contribution is 0.0642. The number of amides is 1. The Kier molecular flexibility index (Phi) is 4.99. The summed E-state index contributed by atoms with van der Waals surface area (Å²) in [4.78, 5) is 14.0. The molecule has 0 spiro atoms. The van der Waals surface area contributed by atoms with Gasteiger partial charge in [0.15, 0.2) is 5.76 Å². The van der Waals surface area contributed by atoms with Crippen molar-refractivity contribution >= 4 is 16.1 Å². The Morgan fingerprint density at radius 3 is 2.86 bits per heavy atom. The molecule has 0 aliphatic carbocycles. The maximum atomic E-state index is 12.3. The number of rotatable bonds is 5. The monoisotopic (exact) mass is 316 g/mol. The van der Waals surface area contributed by atoms with Crippen LogP contribution < -0.4 is 15.6 Å². The van der Waals surface area contributed by atoms with E-state index in [1.165, 1.54) is 0 Å². The third-order valence-electron chi connectivity index (χ3n) is 3.45. The number of carbonyl (C=O) groups excluding carboxylic acids is 1. The summed E-state index contributed by atoms with van der Waals surface area (Å²) in [6, 6.07) is 3.29. The predicted octanol–water partition coefficient (Wildman–Crippen LogP) is -0.616. The third kappa shape index (κ3) is 4.53. The Hall–Kier alpha value is -1.42. The van der Waals surface area contributed by atoms with Crippen LogP contribution >= 0.6 is 0 Å². The number of nitrogens with zero attached hydrogens (tertiary/aromatic N) is 1. The molecular weight excluding hydrogens is 296 g/mol. The average molecular weight is 316 g/mol. The molecule has 9 heteroatoms. The lowest BCUT2D eigenvalue weighted by Gasteiger charge is -2.32. The summed E-state index contributed by atoms with van der Waals surface area (Å²) in [7, 11) is -3.70. The van der Waals surface area contributed by atoms with Crippen LogP contribution in [0.15, 0.2) is 16.5 Å². The molecule has 1 aromatic heterocycles. The topological polar surface area (TPSA) is 132 Å². The van der Waals surface area contributed by atoms with E-state index in [4.69, 9.17) is 15.3 Å². The number of hydrogen-bond acceptors (Lipinski definition) is 5. The summed E-state index contributed by atoms with van der Waals surface area (Å²) in [6.45, 7) is 1.58. The van der Waals surface area contributed by atoms with E-state index in [-0.39, 0.29) is 30.7 Å². The molecule has 1 amide bonds. The molecule has 118 valence electrons. The quantitative estimate of drug-likeness (QED) is 0.666. The minimum absolute atomic E-state index is 0.0463. The molecule has 1 aliphatic heterocycles. The van der Waals surface area contributed by atoms with Gasteiger partial charge in [-0.15, -0.1) is 0 Å². The van der Waals surface area contributed by atoms with Gasteiger partial charge >= 0.3 is 0 Å². The number of hydrogen-bond donors (Lipinski definition) is 3. The van der Waals surface area contributed by atoms with Gasteiger partial charge in [0.25, 0.3) is 16.1 Å². The summed E-state index contributed by atoms with van der Waals surface area (Å²) in [5.41, 5.74) is 5.45. The molecule has 0 radical (unpaired) electrons. The molecule has 1 unspecified atom stereocenters. The van der Waals surface area contributed by atoms with Crippen molar-refractivity contribution in [3.63, 3.8) is 0 Å². The molecule has 1 aromatic rings. The Bertz CT molecular complexity index is 598. The minimum Gasteiger partial charge on any atom is -0.455 e. The fraction of sp³-hybridized carbons (Fsp3) is 0.583. The Balaban J connectivity index is 1.95. The Labute approximate surface area is 123 Å². The Morgan fingerprint density at radius 2 is 2.24 bits per heavy atom. The Morgan fingerprint density at radius 1 is 1.48 bits per heavy atom. The summed E-state index contributed by atoms with van der Waals surface area (Å²) in [5.74, 6) is 0.665. The first-order valence-corrected chi connectivity index (χ1v) is 8.29. The van der Waals surface area contributed by atoms with Crippen LogP contribution in [0, 0.1) is 5.92 Å². The first-order chi connectivity index (χ1) is 9.89. The normalized spacial score (nSPS) is 19.7. The van der Waals surface area contributed by atoms with Gasteiger partial charge < -0.3 is 15.1 Å². The van der Waals surface area contributed by atoms with Crippen LogP contribution in [0.3, 0.4) is 0 Å². The number of carbonyl (C=O) groups is 1. The van der Waals surface area contributed by atoms with Gasteiger partial charge in [-0.2, -0.15) is 8.42 Å². The highest BCUT2D eigenvalue weighted by Crippen LogP contribution is 2.19. The second-order valence-corrected chi connectivity index (χ2v) is 6.50. The summed E-state index contributed by atoms with van der Waals surface area (Å²) >= 11 is 0. The number of piperidine rings is 1. The lowest BCUT2D eigenvalue weighted by Crippen LogP contribution is -2.44. The van der Waals surface area contributed by atoms with Gasteiger partial charge in [-0.3, -0.25) is 4.79 Å². The van der Waals surface area contributed by atoms with Crippen molar-refractivity contribution in [3.8, 4) is 0 Å². The predicted molar refractivity (Wildman–Crippen MR) is 76.3 cm³/mol. The van der Waals surface area contributed by atoms with Crippen LogP contribution in [-0.4, -0.2) is 38.9 Å². The fourth-order valence-electron chi connectivity index (χ4n) is 2.41. The van der Waals surface area contributed by atoms with Crippen LogP contribution in [0.2, 0.25) is 0 Å². The molecule has 1 aliphatic rings. The maximum Gasteiger partial charge on any atom is 0.289 e. The summed E-state index contributed by atoms with van der Waals surface area (Å²) < 4.78 is 29.4. The van der Waals surface area contributed by atoms with E-state index in [1.807, 2.05) is 0 Å². The van der Waals surface area contributed by atoms with Crippen molar-refractivity contribution in [3.05, 3.63) is 23.7 Å². The van der Waals surface area contributed by atoms with Crippen LogP contribution in [-0.2, 0) is 16.8 Å². The van der Waals surface area contributed by atoms with Crippen LogP contribution in [0.4, 0.5) is 0 Å². The van der Waals surface area contributed by atoms with Crippen LogP contribution in [0.1, 0.15) is 29.2 Å². The van der Waals surface area contributed by atoms with Crippen molar-refractivity contribution in [2.75, 3.05) is 19.6 Å². The molecule has 0 aromatic carbocycles. The fourth-order valence-corrected chi connectivity index (χ4v) is 2.88. The highest BCUT2D eigenvalue weighted by molar-refractivity contribution is 7.87. The zero-order valence-electron chi connectivity index (χ0n) is 11.6. The minimum atomic E-state index is -3.70. The van der Waals surface area contributed by atoms with E-state index >= 15 is 0 Å². The lowest BCUT2D eigenvalue weighted by atomic mass is 9.98. The van der Waals surface area contributed by atoms with E-state index in [0.717, 1.165) is 12.8 Å². The van der Waals surface area contributed by atoms with Crippen molar-refractivity contribution in [2.45, 2.75) is 19.4 Å². The van der Waals surface area contributed by atoms with Crippen molar-refractivity contribution in [2.24, 2.45) is 16.8 Å². The molecule has 2 rings (SSSR count). The smallest absolute Gasteiger partial charge is 0.289 e. The number of nitrogens with one attached hydrogen (secondary N) is 1. The third-order valence-corrected chi connectivity index (χ3v) is 4.02. The van der Waals surface area contributed by atoms with Gasteiger partial charge in [0.05, 0.1) is 6.54 Å². The molecule has 0 saturated carbocycles. The first-order valence-electron chi connectivity index (χ1n) is 6.74. The molecular formula is C12H20N4O4S. The van der Waals surface area contributed by atoms with Gasteiger partial charge in [0.1, 0.15) is 5.76 Å². The molecule has 8 nitrogen and oxygen atoms in total. The molecule has 2 heterocycles. The van der Waals surface area contributed by atoms with Crippen molar-refractivity contribution in [1.29, 1.82) is 0 Å². The zero-order chi connectivity index (χ0) is 15.5. The highest BCUT2D eigenvalue weighted by Gasteiger charge is 2.26. The molecule has 1 fully saturated rings. The largest absolute Gasteiger partial charge is 0.455 e. The van der Waals surface area contributed by atoms with Crippen LogP contribution in [0.25, 0.3) is 0 Å². The van der Waals surface area contributed by atoms with Gasteiger partial charge in [-0.05, 0) is 30.9 Å². The number of nitrogens with two attached hydrogens (primary N) is 2. The van der Waals surface area contributed by atoms with E-state index < -0.39 is 10.2 Å². The molecule has 0 bridgehead atoms. The van der Waals surface area contributed by atoms with Gasteiger partial charge in [0.2, 0.25) is 0 Å². The van der Waals surface area contributed by atoms with E-state index in [1.54, 1.807) is 17.0 Å². The molecule has 21 heavy (non-hydrogen) atoms. The first kappa shape index (κ1) is 16.0. The average Bonchev–Trinajstić information content (AvgIpc) is 2.93. The summed E-state index contributed by atoms with van der Waals surface area (Å²) in [6.07, 6.45) is 1.66. The van der Waals surface area contributed by atoms with Crippen molar-refractivity contribution < 1.29 is 17.6 Å². The van der Waals surface area contributed by atoms with Gasteiger partial charge in [-0.25, -0.2) is 9.86 Å².